The number of esters is 1. The van der Waals surface area contributed by atoms with E-state index >= 15 is 4.39 Å². The van der Waals surface area contributed by atoms with Crippen LogP contribution in [0.4, 0.5) is 4.39 Å². The Kier molecular flexibility index (Phi) is 4.72. The number of carbonyl (C=O) groups excluding carboxylic acids is 2. The molecule has 2 aliphatic carbocycles. The topological polar surface area (TPSA) is 74.6 Å². The molecular formula is C24H24FNO5. The molecular weight excluding hydrogens is 401 g/mol. The maximum Gasteiger partial charge on any atom is 0.343 e. The minimum Gasteiger partial charge on any atom is -0.493 e. The van der Waals surface area contributed by atoms with E-state index in [0.717, 1.165) is 37.7 Å². The van der Waals surface area contributed by atoms with Crippen LogP contribution in [0.15, 0.2) is 23.1 Å². The highest BCUT2D eigenvalue weighted by Gasteiger charge is 2.45. The number of aromatic nitrogens is 1. The fourth-order valence-electron chi connectivity index (χ4n) is 4.72. The lowest BCUT2D eigenvalue weighted by Crippen LogP contribution is -2.47. The molecule has 1 aromatic heterocycles. The molecule has 2 aromatic rings. The zero-order valence-corrected chi connectivity index (χ0v) is 17.4. The summed E-state index contributed by atoms with van der Waals surface area (Å²) in [4.78, 5) is 36.7. The molecule has 0 N–H and O–H groups in total. The Hall–Kier alpha value is -2.96. The molecule has 1 aromatic carbocycles. The third-order valence-electron chi connectivity index (χ3n) is 6.75. The highest BCUT2D eigenvalue weighted by Crippen LogP contribution is 2.50. The second-order valence-electron chi connectivity index (χ2n) is 8.80. The Bertz CT molecular complexity index is 1140. The van der Waals surface area contributed by atoms with Gasteiger partial charge in [0, 0.05) is 17.3 Å². The first-order valence-electron chi connectivity index (χ1n) is 10.9. The van der Waals surface area contributed by atoms with Crippen molar-refractivity contribution in [3.05, 3.63) is 51.1 Å². The number of benzene rings is 1. The summed E-state index contributed by atoms with van der Waals surface area (Å²) in [5, 5.41) is 0. The Morgan fingerprint density at radius 3 is 2.71 bits per heavy atom. The van der Waals surface area contributed by atoms with Crippen molar-refractivity contribution < 1.29 is 23.5 Å². The van der Waals surface area contributed by atoms with Crippen LogP contribution >= 0.6 is 0 Å². The van der Waals surface area contributed by atoms with Crippen molar-refractivity contribution in [1.29, 1.82) is 0 Å². The third kappa shape index (κ3) is 3.18. The van der Waals surface area contributed by atoms with Crippen molar-refractivity contribution in [3.8, 4) is 17.0 Å². The lowest BCUT2D eigenvalue weighted by atomic mass is 9.69. The summed E-state index contributed by atoms with van der Waals surface area (Å²) in [5.74, 6) is -0.762. The minimum absolute atomic E-state index is 0.0992. The van der Waals surface area contributed by atoms with Crippen LogP contribution in [0.1, 0.15) is 65.3 Å². The highest BCUT2D eigenvalue weighted by atomic mass is 19.1. The first-order chi connectivity index (χ1) is 15.0. The van der Waals surface area contributed by atoms with E-state index in [4.69, 9.17) is 9.47 Å². The number of pyridine rings is 1. The number of ether oxygens (including phenoxy) is 2. The Balaban J connectivity index is 1.68. The summed E-state index contributed by atoms with van der Waals surface area (Å²) < 4.78 is 28.1. The summed E-state index contributed by atoms with van der Waals surface area (Å²) in [5.41, 5.74) is 0.162. The molecule has 5 rings (SSSR count). The van der Waals surface area contributed by atoms with Crippen LogP contribution in [-0.2, 0) is 16.7 Å². The van der Waals surface area contributed by atoms with E-state index in [0.29, 0.717) is 42.1 Å². The molecule has 31 heavy (non-hydrogen) atoms. The van der Waals surface area contributed by atoms with Gasteiger partial charge in [-0.15, -0.1) is 0 Å². The molecule has 1 spiro atoms. The lowest BCUT2D eigenvalue weighted by Gasteiger charge is -2.48. The zero-order valence-electron chi connectivity index (χ0n) is 17.4. The van der Waals surface area contributed by atoms with Crippen molar-refractivity contribution in [2.45, 2.75) is 51.0 Å². The molecule has 2 fully saturated rings. The van der Waals surface area contributed by atoms with Crippen molar-refractivity contribution in [1.82, 2.24) is 4.57 Å². The third-order valence-corrected chi connectivity index (χ3v) is 6.75. The maximum absolute atomic E-state index is 15.5. The predicted octanol–water partition coefficient (Wildman–Crippen LogP) is 3.87. The molecule has 0 unspecified atom stereocenters. The number of rotatable bonds is 6. The smallest absolute Gasteiger partial charge is 0.343 e. The highest BCUT2D eigenvalue weighted by molar-refractivity contribution is 5.90. The van der Waals surface area contributed by atoms with Gasteiger partial charge < -0.3 is 14.0 Å². The van der Waals surface area contributed by atoms with Gasteiger partial charge in [0.25, 0.3) is 0 Å². The minimum atomic E-state index is -0.985. The standard InChI is InChI=1S/C24H24FNO5/c1-2-30-23(29)18-11-26-21(20(25)22(18)28)17-8-16(12-27)19(31-13-14-4-5-14)9-15(17)10-24(26)6-3-7-24/h8-9,11-12,14H,2-7,10,13H2,1H3. The van der Waals surface area contributed by atoms with Crippen LogP contribution < -0.4 is 10.2 Å². The van der Waals surface area contributed by atoms with Crippen LogP contribution in [0, 0.1) is 11.7 Å². The molecule has 6 nitrogen and oxygen atoms in total. The van der Waals surface area contributed by atoms with E-state index in [1.165, 1.54) is 6.20 Å². The van der Waals surface area contributed by atoms with Crippen LogP contribution in [0.5, 0.6) is 5.75 Å². The molecule has 162 valence electrons. The van der Waals surface area contributed by atoms with E-state index < -0.39 is 22.8 Å². The molecule has 1 aliphatic heterocycles. The van der Waals surface area contributed by atoms with Crippen LogP contribution in [0.2, 0.25) is 0 Å². The van der Waals surface area contributed by atoms with Gasteiger partial charge in [-0.3, -0.25) is 9.59 Å². The monoisotopic (exact) mass is 425 g/mol. The number of halogens is 1. The number of carbonyl (C=O) groups is 2. The molecule has 2 saturated carbocycles. The van der Waals surface area contributed by atoms with E-state index in [1.54, 1.807) is 17.6 Å². The fraction of sp³-hybridized carbons (Fsp3) is 0.458. The first-order valence-corrected chi connectivity index (χ1v) is 10.9. The van der Waals surface area contributed by atoms with E-state index in [9.17, 15) is 14.4 Å². The Morgan fingerprint density at radius 1 is 1.32 bits per heavy atom. The molecule has 2 heterocycles. The van der Waals surface area contributed by atoms with Gasteiger partial charge in [0.2, 0.25) is 5.43 Å². The number of hydrogen-bond donors (Lipinski definition) is 0. The normalized spacial score (nSPS) is 18.0. The van der Waals surface area contributed by atoms with Crippen molar-refractivity contribution in [2.75, 3.05) is 13.2 Å². The number of fused-ring (bicyclic) bond motifs is 4. The zero-order chi connectivity index (χ0) is 21.8. The average molecular weight is 425 g/mol. The van der Waals surface area contributed by atoms with Gasteiger partial charge in [-0.05, 0) is 69.1 Å². The second-order valence-corrected chi connectivity index (χ2v) is 8.80. The second kappa shape index (κ2) is 7.32. The lowest BCUT2D eigenvalue weighted by molar-refractivity contribution is 0.0520. The van der Waals surface area contributed by atoms with Crippen LogP contribution in [0.3, 0.4) is 0 Å². The van der Waals surface area contributed by atoms with Gasteiger partial charge in [-0.2, -0.15) is 0 Å². The van der Waals surface area contributed by atoms with Gasteiger partial charge in [-0.1, -0.05) is 0 Å². The largest absolute Gasteiger partial charge is 0.493 e. The molecule has 0 atom stereocenters. The van der Waals surface area contributed by atoms with E-state index in [1.807, 2.05) is 6.07 Å². The summed E-state index contributed by atoms with van der Waals surface area (Å²) in [7, 11) is 0. The molecule has 0 radical (unpaired) electrons. The van der Waals surface area contributed by atoms with Crippen molar-refractivity contribution >= 4 is 12.3 Å². The predicted molar refractivity (Wildman–Crippen MR) is 111 cm³/mol. The maximum atomic E-state index is 15.5. The van der Waals surface area contributed by atoms with E-state index in [-0.39, 0.29) is 17.9 Å². The number of hydrogen-bond acceptors (Lipinski definition) is 5. The van der Waals surface area contributed by atoms with Gasteiger partial charge in [0.15, 0.2) is 12.1 Å². The molecule has 0 amide bonds. The number of aldehydes is 1. The summed E-state index contributed by atoms with van der Waals surface area (Å²) in [6.45, 7) is 2.30. The summed E-state index contributed by atoms with van der Waals surface area (Å²) >= 11 is 0. The quantitative estimate of drug-likeness (QED) is 0.519. The molecule has 0 saturated heterocycles. The van der Waals surface area contributed by atoms with Crippen molar-refractivity contribution in [2.24, 2.45) is 5.92 Å². The molecule has 3 aliphatic rings. The van der Waals surface area contributed by atoms with E-state index in [2.05, 4.69) is 0 Å². The summed E-state index contributed by atoms with van der Waals surface area (Å²) in [6, 6.07) is 3.43. The molecule has 7 heteroatoms. The van der Waals surface area contributed by atoms with Gasteiger partial charge in [0.1, 0.15) is 11.3 Å². The first kappa shape index (κ1) is 20.0. The molecule has 0 bridgehead atoms. The number of nitrogens with zero attached hydrogens (tertiary/aromatic N) is 1. The SMILES string of the molecule is CCOC(=O)c1cn2c(c(F)c1=O)-c1cc(C=O)c(OCC3CC3)cc1CC21CCC1. The summed E-state index contributed by atoms with van der Waals surface area (Å²) in [6.07, 6.45) is 7.65. The van der Waals surface area contributed by atoms with Gasteiger partial charge >= 0.3 is 5.97 Å². The van der Waals surface area contributed by atoms with Gasteiger partial charge in [0.05, 0.1) is 24.5 Å². The Labute approximate surface area is 179 Å². The van der Waals surface area contributed by atoms with Gasteiger partial charge in [-0.25, -0.2) is 9.18 Å². The van der Waals surface area contributed by atoms with Crippen molar-refractivity contribution in [3.63, 3.8) is 0 Å². The van der Waals surface area contributed by atoms with Crippen LogP contribution in [-0.4, -0.2) is 30.0 Å². The van der Waals surface area contributed by atoms with Crippen LogP contribution in [0.25, 0.3) is 11.3 Å². The average Bonchev–Trinajstić information content (AvgIpc) is 3.56. The Morgan fingerprint density at radius 2 is 2.10 bits per heavy atom. The fourth-order valence-corrected chi connectivity index (χ4v) is 4.72.